The van der Waals surface area contributed by atoms with Gasteiger partial charge in [-0.25, -0.2) is 4.98 Å². The van der Waals surface area contributed by atoms with Crippen molar-refractivity contribution in [3.8, 4) is 0 Å². The van der Waals surface area contributed by atoms with Crippen LogP contribution in [0.2, 0.25) is 5.02 Å². The van der Waals surface area contributed by atoms with Gasteiger partial charge in [0.05, 0.1) is 22.7 Å². The Bertz CT molecular complexity index is 1030. The predicted molar refractivity (Wildman–Crippen MR) is 115 cm³/mol. The Morgan fingerprint density at radius 2 is 1.93 bits per heavy atom. The van der Waals surface area contributed by atoms with E-state index < -0.39 is 0 Å². The molecule has 0 saturated heterocycles. The molecule has 28 heavy (non-hydrogen) atoms. The summed E-state index contributed by atoms with van der Waals surface area (Å²) in [6, 6.07) is 14.6. The first-order chi connectivity index (χ1) is 13.5. The smallest absolute Gasteiger partial charge is 0.262 e. The second-order valence-electron chi connectivity index (χ2n) is 6.48. The second kappa shape index (κ2) is 9.26. The standard InChI is InChI=1S/C21H22ClN3O2S/c1-3-12-23-19(26)14(2)28-21-24-18-7-5-4-6-17(18)20(27)25(21)13-15-8-10-16(22)11-9-15/h4-11,14H,3,12-13H2,1-2H3,(H,23,26)/t14-/m1/s1. The van der Waals surface area contributed by atoms with E-state index in [0.29, 0.717) is 34.2 Å². The Kier molecular flexibility index (Phi) is 6.75. The number of amides is 1. The molecule has 3 aromatic rings. The van der Waals surface area contributed by atoms with Gasteiger partial charge in [-0.15, -0.1) is 0 Å². The Morgan fingerprint density at radius 1 is 1.21 bits per heavy atom. The van der Waals surface area contributed by atoms with Crippen LogP contribution in [0.3, 0.4) is 0 Å². The number of benzene rings is 2. The third-order valence-corrected chi connectivity index (χ3v) is 5.62. The van der Waals surface area contributed by atoms with Gasteiger partial charge < -0.3 is 5.32 Å². The normalized spacial score (nSPS) is 12.1. The van der Waals surface area contributed by atoms with Gasteiger partial charge in [0.1, 0.15) is 0 Å². The van der Waals surface area contributed by atoms with Crippen molar-refractivity contribution in [2.45, 2.75) is 37.2 Å². The van der Waals surface area contributed by atoms with E-state index in [1.54, 1.807) is 22.8 Å². The number of halogens is 1. The van der Waals surface area contributed by atoms with Crippen LogP contribution in [0.4, 0.5) is 0 Å². The molecule has 0 bridgehead atoms. The van der Waals surface area contributed by atoms with Crippen molar-refractivity contribution in [2.75, 3.05) is 6.54 Å². The topological polar surface area (TPSA) is 64.0 Å². The zero-order chi connectivity index (χ0) is 20.1. The van der Waals surface area contributed by atoms with Crippen molar-refractivity contribution in [3.63, 3.8) is 0 Å². The summed E-state index contributed by atoms with van der Waals surface area (Å²) in [4.78, 5) is 30.1. The molecule has 0 fully saturated rings. The molecule has 1 aromatic heterocycles. The van der Waals surface area contributed by atoms with Gasteiger partial charge >= 0.3 is 0 Å². The summed E-state index contributed by atoms with van der Waals surface area (Å²) in [5, 5.41) is 4.25. The number of hydrogen-bond donors (Lipinski definition) is 1. The van der Waals surface area contributed by atoms with E-state index in [9.17, 15) is 9.59 Å². The summed E-state index contributed by atoms with van der Waals surface area (Å²) in [6.07, 6.45) is 0.874. The molecule has 0 spiro atoms. The van der Waals surface area contributed by atoms with Gasteiger partial charge in [0.15, 0.2) is 5.16 Å². The van der Waals surface area contributed by atoms with Crippen molar-refractivity contribution < 1.29 is 4.79 Å². The lowest BCUT2D eigenvalue weighted by Crippen LogP contribution is -2.32. The lowest BCUT2D eigenvalue weighted by molar-refractivity contribution is -0.120. The quantitative estimate of drug-likeness (QED) is 0.466. The lowest BCUT2D eigenvalue weighted by atomic mass is 10.2. The molecule has 0 saturated carbocycles. The highest BCUT2D eigenvalue weighted by molar-refractivity contribution is 8.00. The Balaban J connectivity index is 2.00. The summed E-state index contributed by atoms with van der Waals surface area (Å²) in [6.45, 7) is 4.82. The number of fused-ring (bicyclic) bond motifs is 1. The van der Waals surface area contributed by atoms with E-state index in [1.807, 2.05) is 44.2 Å². The van der Waals surface area contributed by atoms with Crippen LogP contribution < -0.4 is 10.9 Å². The molecule has 3 rings (SSSR count). The molecule has 5 nitrogen and oxygen atoms in total. The predicted octanol–water partition coefficient (Wildman–Crippen LogP) is 4.11. The maximum absolute atomic E-state index is 13.1. The van der Waals surface area contributed by atoms with Crippen LogP contribution in [0.25, 0.3) is 10.9 Å². The number of para-hydroxylation sites is 1. The van der Waals surface area contributed by atoms with Crippen LogP contribution in [0.15, 0.2) is 58.5 Å². The minimum Gasteiger partial charge on any atom is -0.355 e. The molecule has 7 heteroatoms. The Labute approximate surface area is 173 Å². The highest BCUT2D eigenvalue weighted by Gasteiger charge is 2.19. The number of nitrogens with zero attached hydrogens (tertiary/aromatic N) is 2. The number of nitrogens with one attached hydrogen (secondary N) is 1. The van der Waals surface area contributed by atoms with E-state index in [4.69, 9.17) is 11.6 Å². The molecule has 0 radical (unpaired) electrons. The first kappa shape index (κ1) is 20.4. The average Bonchev–Trinajstić information content (AvgIpc) is 2.70. The zero-order valence-electron chi connectivity index (χ0n) is 15.8. The van der Waals surface area contributed by atoms with Crippen LogP contribution in [0.5, 0.6) is 0 Å². The Morgan fingerprint density at radius 3 is 2.64 bits per heavy atom. The molecule has 0 aliphatic heterocycles. The molecular formula is C21H22ClN3O2S. The maximum atomic E-state index is 13.1. The summed E-state index contributed by atoms with van der Waals surface area (Å²) in [5.41, 5.74) is 1.45. The van der Waals surface area contributed by atoms with E-state index in [-0.39, 0.29) is 16.7 Å². The van der Waals surface area contributed by atoms with Crippen LogP contribution in [0, 0.1) is 0 Å². The minimum atomic E-state index is -0.365. The third-order valence-electron chi connectivity index (χ3n) is 4.28. The lowest BCUT2D eigenvalue weighted by Gasteiger charge is -2.16. The molecule has 0 unspecified atom stereocenters. The highest BCUT2D eigenvalue weighted by atomic mass is 35.5. The summed E-state index contributed by atoms with van der Waals surface area (Å²) >= 11 is 7.27. The molecule has 2 aromatic carbocycles. The SMILES string of the molecule is CCCNC(=O)[C@@H](C)Sc1nc2ccccc2c(=O)n1Cc1ccc(Cl)cc1. The van der Waals surface area contributed by atoms with E-state index in [1.165, 1.54) is 11.8 Å². The zero-order valence-corrected chi connectivity index (χ0v) is 17.4. The highest BCUT2D eigenvalue weighted by Crippen LogP contribution is 2.23. The number of rotatable bonds is 7. The van der Waals surface area contributed by atoms with Crippen molar-refractivity contribution in [2.24, 2.45) is 0 Å². The van der Waals surface area contributed by atoms with Gasteiger partial charge in [0, 0.05) is 11.6 Å². The largest absolute Gasteiger partial charge is 0.355 e. The molecule has 0 aliphatic rings. The van der Waals surface area contributed by atoms with Crippen LogP contribution in [0.1, 0.15) is 25.8 Å². The Hall–Kier alpha value is -2.31. The van der Waals surface area contributed by atoms with Crippen LogP contribution in [-0.4, -0.2) is 27.3 Å². The molecular weight excluding hydrogens is 394 g/mol. The fraction of sp³-hybridized carbons (Fsp3) is 0.286. The first-order valence-electron chi connectivity index (χ1n) is 9.18. The molecule has 146 valence electrons. The van der Waals surface area contributed by atoms with Crippen molar-refractivity contribution in [1.29, 1.82) is 0 Å². The second-order valence-corrected chi connectivity index (χ2v) is 8.22. The van der Waals surface area contributed by atoms with Crippen molar-refractivity contribution in [1.82, 2.24) is 14.9 Å². The number of carbonyl (C=O) groups is 1. The summed E-state index contributed by atoms with van der Waals surface area (Å²) in [7, 11) is 0. The van der Waals surface area contributed by atoms with Gasteiger partial charge in [0.2, 0.25) is 5.91 Å². The van der Waals surface area contributed by atoms with Gasteiger partial charge in [-0.2, -0.15) is 0 Å². The molecule has 1 N–H and O–H groups in total. The van der Waals surface area contributed by atoms with Gasteiger partial charge in [-0.1, -0.05) is 54.6 Å². The monoisotopic (exact) mass is 415 g/mol. The van der Waals surface area contributed by atoms with Crippen molar-refractivity contribution in [3.05, 3.63) is 69.5 Å². The summed E-state index contributed by atoms with van der Waals surface area (Å²) < 4.78 is 1.62. The number of hydrogen-bond acceptors (Lipinski definition) is 4. The molecule has 0 aliphatic carbocycles. The van der Waals surface area contributed by atoms with Crippen LogP contribution >= 0.6 is 23.4 Å². The maximum Gasteiger partial charge on any atom is 0.262 e. The summed E-state index contributed by atoms with van der Waals surface area (Å²) in [5.74, 6) is -0.0627. The van der Waals surface area contributed by atoms with Gasteiger partial charge in [0.25, 0.3) is 5.56 Å². The number of aromatic nitrogens is 2. The molecule has 1 atom stereocenters. The fourth-order valence-corrected chi connectivity index (χ4v) is 3.81. The first-order valence-corrected chi connectivity index (χ1v) is 10.4. The third kappa shape index (κ3) is 4.75. The van der Waals surface area contributed by atoms with Gasteiger partial charge in [-0.05, 0) is 43.2 Å². The van der Waals surface area contributed by atoms with Crippen molar-refractivity contribution >= 4 is 40.2 Å². The van der Waals surface area contributed by atoms with Crippen LogP contribution in [-0.2, 0) is 11.3 Å². The van der Waals surface area contributed by atoms with Gasteiger partial charge in [-0.3, -0.25) is 14.2 Å². The molecule has 1 amide bonds. The minimum absolute atomic E-state index is 0.0627. The fourth-order valence-electron chi connectivity index (χ4n) is 2.75. The van der Waals surface area contributed by atoms with E-state index >= 15 is 0 Å². The van der Waals surface area contributed by atoms with E-state index in [2.05, 4.69) is 10.3 Å². The number of carbonyl (C=O) groups excluding carboxylic acids is 1. The van der Waals surface area contributed by atoms with E-state index in [0.717, 1.165) is 12.0 Å². The average molecular weight is 416 g/mol. The number of thioether (sulfide) groups is 1. The molecule has 1 heterocycles.